The van der Waals surface area contributed by atoms with Crippen molar-refractivity contribution >= 4 is 18.3 Å². The summed E-state index contributed by atoms with van der Waals surface area (Å²) in [6.07, 6.45) is 4.03. The number of likely N-dealkylation sites (N-methyl/N-ethyl adjacent to an activating group) is 1. The molecule has 0 fully saturated rings. The molecule has 1 heterocycles. The molecule has 2 N–H and O–H groups in total. The average molecular weight is 363 g/mol. The second-order valence-electron chi connectivity index (χ2n) is 6.46. The topological polar surface area (TPSA) is 59.0 Å². The second kappa shape index (κ2) is 8.50. The molecule has 5 nitrogen and oxygen atoms in total. The predicted molar refractivity (Wildman–Crippen MR) is 103 cm³/mol. The summed E-state index contributed by atoms with van der Waals surface area (Å²) in [7, 11) is 1.89. The number of halogens is 1. The van der Waals surface area contributed by atoms with Gasteiger partial charge < -0.3 is 10.6 Å². The lowest BCUT2D eigenvalue weighted by Gasteiger charge is -2.10. The van der Waals surface area contributed by atoms with Crippen LogP contribution in [-0.4, -0.2) is 35.3 Å². The first-order chi connectivity index (χ1) is 11.6. The Morgan fingerprint density at radius 2 is 2.00 bits per heavy atom. The number of benzene rings is 1. The highest BCUT2D eigenvalue weighted by Crippen LogP contribution is 2.28. The van der Waals surface area contributed by atoms with Crippen LogP contribution in [0, 0.1) is 0 Å². The zero-order valence-electron chi connectivity index (χ0n) is 15.1. The maximum absolute atomic E-state index is 12.6. The third-order valence-corrected chi connectivity index (χ3v) is 4.80. The molecule has 0 spiro atoms. The Bertz CT molecular complexity index is 724. The maximum Gasteiger partial charge on any atom is 0.272 e. The van der Waals surface area contributed by atoms with Crippen LogP contribution < -0.4 is 10.6 Å². The van der Waals surface area contributed by atoms with E-state index in [4.69, 9.17) is 0 Å². The first-order valence-electron chi connectivity index (χ1n) is 8.79. The highest BCUT2D eigenvalue weighted by atomic mass is 35.5. The zero-order chi connectivity index (χ0) is 17.1. The van der Waals surface area contributed by atoms with Gasteiger partial charge >= 0.3 is 0 Å². The van der Waals surface area contributed by atoms with Gasteiger partial charge in [0.05, 0.1) is 5.69 Å². The molecule has 1 amide bonds. The minimum atomic E-state index is -0.0702. The quantitative estimate of drug-likeness (QED) is 0.830. The van der Waals surface area contributed by atoms with Gasteiger partial charge in [-0.1, -0.05) is 19.1 Å². The number of aromatic nitrogens is 2. The van der Waals surface area contributed by atoms with Gasteiger partial charge in [-0.15, -0.1) is 12.4 Å². The minimum absolute atomic E-state index is 0. The van der Waals surface area contributed by atoms with Crippen molar-refractivity contribution in [2.24, 2.45) is 0 Å². The summed E-state index contributed by atoms with van der Waals surface area (Å²) < 4.78 is 1.96. The molecular weight excluding hydrogens is 336 g/mol. The second-order valence-corrected chi connectivity index (χ2v) is 6.46. The monoisotopic (exact) mass is 362 g/mol. The fraction of sp³-hybridized carbons (Fsp3) is 0.474. The molecule has 136 valence electrons. The number of rotatable bonds is 6. The molecule has 0 bridgehead atoms. The van der Waals surface area contributed by atoms with E-state index in [0.717, 1.165) is 36.9 Å². The zero-order valence-corrected chi connectivity index (χ0v) is 15.9. The molecular formula is C19H27ClN4O. The van der Waals surface area contributed by atoms with Crippen molar-refractivity contribution in [3.63, 3.8) is 0 Å². The van der Waals surface area contributed by atoms with E-state index >= 15 is 0 Å². The Hall–Kier alpha value is -1.85. The molecule has 3 rings (SSSR count). The third-order valence-electron chi connectivity index (χ3n) is 4.80. The lowest BCUT2D eigenvalue weighted by molar-refractivity contribution is 0.0944. The normalized spacial score (nSPS) is 13.9. The van der Waals surface area contributed by atoms with Crippen LogP contribution in [-0.2, 0) is 19.3 Å². The molecule has 1 aromatic carbocycles. The van der Waals surface area contributed by atoms with Crippen LogP contribution in [0.1, 0.15) is 47.6 Å². The predicted octanol–water partition coefficient (Wildman–Crippen LogP) is 2.68. The van der Waals surface area contributed by atoms with Gasteiger partial charge in [0.25, 0.3) is 5.91 Å². The molecule has 0 saturated heterocycles. The van der Waals surface area contributed by atoms with Crippen molar-refractivity contribution in [1.82, 2.24) is 20.4 Å². The average Bonchev–Trinajstić information content (AvgIpc) is 3.22. The Labute approximate surface area is 155 Å². The van der Waals surface area contributed by atoms with Crippen molar-refractivity contribution in [2.45, 2.75) is 45.6 Å². The smallest absolute Gasteiger partial charge is 0.272 e. The lowest BCUT2D eigenvalue weighted by atomic mass is 10.1. The number of hydrogen-bond acceptors (Lipinski definition) is 3. The number of carbonyl (C=O) groups excluding carboxylic acids is 1. The summed E-state index contributed by atoms with van der Waals surface area (Å²) >= 11 is 0. The van der Waals surface area contributed by atoms with Crippen molar-refractivity contribution in [3.05, 3.63) is 46.8 Å². The van der Waals surface area contributed by atoms with Gasteiger partial charge in [0.2, 0.25) is 0 Å². The number of fused-ring (bicyclic) bond motifs is 1. The van der Waals surface area contributed by atoms with E-state index in [0.29, 0.717) is 12.2 Å². The molecule has 2 aromatic rings. The fourth-order valence-electron chi connectivity index (χ4n) is 3.14. The molecule has 1 unspecified atom stereocenters. The Morgan fingerprint density at radius 3 is 2.64 bits per heavy atom. The standard InChI is InChI=1S/C19H26N4O.ClH/c1-4-14-8-10-15(11-9-14)23-17-7-5-6-16(17)18(22-23)19(24)21-12-13(2)20-3;/h8-11,13,20H,4-7,12H2,1-3H3,(H,21,24);1H. The largest absolute Gasteiger partial charge is 0.349 e. The summed E-state index contributed by atoms with van der Waals surface area (Å²) in [6.45, 7) is 4.79. The van der Waals surface area contributed by atoms with E-state index in [2.05, 4.69) is 46.9 Å². The SMILES string of the molecule is CCc1ccc(-n2nc(C(=O)NCC(C)NC)c3c2CCC3)cc1.Cl. The van der Waals surface area contributed by atoms with Crippen LogP contribution in [0.4, 0.5) is 0 Å². The fourth-order valence-corrected chi connectivity index (χ4v) is 3.14. The van der Waals surface area contributed by atoms with Crippen LogP contribution >= 0.6 is 12.4 Å². The Balaban J connectivity index is 0.00000225. The van der Waals surface area contributed by atoms with Crippen molar-refractivity contribution < 1.29 is 4.79 Å². The molecule has 1 aliphatic rings. The van der Waals surface area contributed by atoms with Crippen LogP contribution in [0.15, 0.2) is 24.3 Å². The van der Waals surface area contributed by atoms with Gasteiger partial charge in [-0.2, -0.15) is 5.10 Å². The summed E-state index contributed by atoms with van der Waals surface area (Å²) in [5.74, 6) is -0.0702. The Morgan fingerprint density at radius 1 is 1.28 bits per heavy atom. The van der Waals surface area contributed by atoms with Gasteiger partial charge in [0.1, 0.15) is 0 Å². The maximum atomic E-state index is 12.6. The van der Waals surface area contributed by atoms with Crippen LogP contribution in [0.25, 0.3) is 5.69 Å². The number of carbonyl (C=O) groups is 1. The van der Waals surface area contributed by atoms with Crippen molar-refractivity contribution in [1.29, 1.82) is 0 Å². The third kappa shape index (κ3) is 4.05. The summed E-state index contributed by atoms with van der Waals surface area (Å²) in [4.78, 5) is 12.6. The van der Waals surface area contributed by atoms with E-state index in [1.807, 2.05) is 18.7 Å². The summed E-state index contributed by atoms with van der Waals surface area (Å²) in [5.41, 5.74) is 5.23. The highest BCUT2D eigenvalue weighted by molar-refractivity contribution is 5.94. The van der Waals surface area contributed by atoms with Gasteiger partial charge in [-0.05, 0) is 57.4 Å². The number of nitrogens with zero attached hydrogens (tertiary/aromatic N) is 2. The number of amides is 1. The number of aryl methyl sites for hydroxylation is 1. The molecule has 1 aromatic heterocycles. The van der Waals surface area contributed by atoms with Crippen LogP contribution in [0.2, 0.25) is 0 Å². The van der Waals surface area contributed by atoms with E-state index in [1.54, 1.807) is 0 Å². The number of nitrogens with one attached hydrogen (secondary N) is 2. The van der Waals surface area contributed by atoms with Crippen LogP contribution in [0.5, 0.6) is 0 Å². The molecule has 0 radical (unpaired) electrons. The van der Waals surface area contributed by atoms with Crippen LogP contribution in [0.3, 0.4) is 0 Å². The lowest BCUT2D eigenvalue weighted by Crippen LogP contribution is -2.37. The van der Waals surface area contributed by atoms with E-state index in [9.17, 15) is 4.79 Å². The summed E-state index contributed by atoms with van der Waals surface area (Å²) in [6, 6.07) is 8.69. The molecule has 25 heavy (non-hydrogen) atoms. The van der Waals surface area contributed by atoms with E-state index in [1.165, 1.54) is 11.3 Å². The van der Waals surface area contributed by atoms with Gasteiger partial charge in [0, 0.05) is 23.8 Å². The van der Waals surface area contributed by atoms with E-state index < -0.39 is 0 Å². The van der Waals surface area contributed by atoms with Gasteiger partial charge in [0.15, 0.2) is 5.69 Å². The molecule has 0 saturated carbocycles. The molecule has 1 aliphatic carbocycles. The summed E-state index contributed by atoms with van der Waals surface area (Å²) in [5, 5.41) is 10.8. The van der Waals surface area contributed by atoms with E-state index in [-0.39, 0.29) is 24.4 Å². The first-order valence-corrected chi connectivity index (χ1v) is 8.79. The molecule has 6 heteroatoms. The molecule has 1 atom stereocenters. The Kier molecular flexibility index (Phi) is 6.62. The molecule has 0 aliphatic heterocycles. The van der Waals surface area contributed by atoms with Crippen molar-refractivity contribution in [3.8, 4) is 5.69 Å². The first kappa shape index (κ1) is 19.5. The number of hydrogen-bond donors (Lipinski definition) is 2. The van der Waals surface area contributed by atoms with Gasteiger partial charge in [-0.25, -0.2) is 4.68 Å². The minimum Gasteiger partial charge on any atom is -0.349 e. The van der Waals surface area contributed by atoms with Crippen molar-refractivity contribution in [2.75, 3.05) is 13.6 Å². The van der Waals surface area contributed by atoms with Gasteiger partial charge in [-0.3, -0.25) is 4.79 Å². The highest BCUT2D eigenvalue weighted by Gasteiger charge is 2.26.